The Hall–Kier alpha value is -1.96. The number of nitrogens with zero attached hydrogens (tertiary/aromatic N) is 5. The van der Waals surface area contributed by atoms with Crippen LogP contribution in [-0.2, 0) is 12.7 Å². The summed E-state index contributed by atoms with van der Waals surface area (Å²) in [4.78, 5) is 2.29. The summed E-state index contributed by atoms with van der Waals surface area (Å²) >= 11 is 0. The van der Waals surface area contributed by atoms with E-state index < -0.39 is 11.7 Å². The molecule has 1 aliphatic rings. The van der Waals surface area contributed by atoms with Crippen molar-refractivity contribution in [2.75, 3.05) is 13.1 Å². The number of aromatic nitrogens is 4. The highest BCUT2D eigenvalue weighted by Crippen LogP contribution is 2.29. The quantitative estimate of drug-likeness (QED) is 0.870. The SMILES string of the molecule is FC(F)(F)c1ccc(-n2nnnc2CN2CCCCCC2)cc1. The Morgan fingerprint density at radius 1 is 0.957 bits per heavy atom. The van der Waals surface area contributed by atoms with Gasteiger partial charge >= 0.3 is 6.18 Å². The molecule has 1 aromatic carbocycles. The fraction of sp³-hybridized carbons (Fsp3) is 0.533. The molecule has 1 aliphatic heterocycles. The van der Waals surface area contributed by atoms with Gasteiger partial charge in [0, 0.05) is 0 Å². The molecule has 8 heteroatoms. The second-order valence-corrected chi connectivity index (χ2v) is 5.74. The molecule has 0 bridgehead atoms. The van der Waals surface area contributed by atoms with Gasteiger partial charge in [-0.15, -0.1) is 5.10 Å². The highest BCUT2D eigenvalue weighted by Gasteiger charge is 2.30. The summed E-state index contributed by atoms with van der Waals surface area (Å²) in [5.41, 5.74) is -0.142. The van der Waals surface area contributed by atoms with Crippen LogP contribution in [0.1, 0.15) is 37.1 Å². The first-order chi connectivity index (χ1) is 11.0. The van der Waals surface area contributed by atoms with Crippen LogP contribution < -0.4 is 0 Å². The summed E-state index contributed by atoms with van der Waals surface area (Å²) in [5.74, 6) is 0.645. The largest absolute Gasteiger partial charge is 0.416 e. The molecule has 0 spiro atoms. The van der Waals surface area contributed by atoms with Crippen LogP contribution in [0.15, 0.2) is 24.3 Å². The van der Waals surface area contributed by atoms with E-state index in [1.54, 1.807) is 0 Å². The van der Waals surface area contributed by atoms with Gasteiger partial charge in [-0.25, -0.2) is 0 Å². The maximum absolute atomic E-state index is 12.6. The van der Waals surface area contributed by atoms with Crippen LogP contribution in [0.4, 0.5) is 13.2 Å². The predicted octanol–water partition coefficient (Wildman–Crippen LogP) is 3.06. The lowest BCUT2D eigenvalue weighted by molar-refractivity contribution is -0.137. The molecule has 0 amide bonds. The molecule has 1 saturated heterocycles. The molecule has 0 N–H and O–H groups in total. The topological polar surface area (TPSA) is 46.8 Å². The van der Waals surface area contributed by atoms with E-state index in [-0.39, 0.29) is 0 Å². The van der Waals surface area contributed by atoms with Crippen LogP contribution >= 0.6 is 0 Å². The molecule has 2 heterocycles. The van der Waals surface area contributed by atoms with Crippen molar-refractivity contribution in [3.8, 4) is 5.69 Å². The Kier molecular flexibility index (Phi) is 4.61. The average Bonchev–Trinajstić information content (AvgIpc) is 2.82. The third kappa shape index (κ3) is 3.87. The zero-order valence-electron chi connectivity index (χ0n) is 12.6. The maximum atomic E-state index is 12.6. The Balaban J connectivity index is 1.77. The van der Waals surface area contributed by atoms with Crippen LogP contribution in [0.2, 0.25) is 0 Å². The van der Waals surface area contributed by atoms with Crippen molar-refractivity contribution < 1.29 is 13.2 Å². The molecule has 3 rings (SSSR count). The first-order valence-electron chi connectivity index (χ1n) is 7.71. The van der Waals surface area contributed by atoms with E-state index >= 15 is 0 Å². The van der Waals surface area contributed by atoms with Gasteiger partial charge in [-0.2, -0.15) is 17.9 Å². The molecule has 2 aromatic rings. The molecule has 1 fully saturated rings. The predicted molar refractivity (Wildman–Crippen MR) is 77.9 cm³/mol. The molecule has 23 heavy (non-hydrogen) atoms. The fourth-order valence-electron chi connectivity index (χ4n) is 2.79. The molecule has 0 unspecified atom stereocenters. The van der Waals surface area contributed by atoms with Crippen LogP contribution in [0, 0.1) is 0 Å². The van der Waals surface area contributed by atoms with Crippen molar-refractivity contribution in [2.24, 2.45) is 0 Å². The molecule has 0 saturated carbocycles. The monoisotopic (exact) mass is 325 g/mol. The average molecular weight is 325 g/mol. The molecular weight excluding hydrogens is 307 g/mol. The standard InChI is InChI=1S/C15H18F3N5/c16-15(17,18)12-5-7-13(8-6-12)23-14(19-20-21-23)11-22-9-3-1-2-4-10-22/h5-8H,1-4,9-11H2. The van der Waals surface area contributed by atoms with Gasteiger partial charge in [0.05, 0.1) is 17.8 Å². The van der Waals surface area contributed by atoms with E-state index in [0.29, 0.717) is 18.1 Å². The zero-order chi connectivity index (χ0) is 16.3. The van der Waals surface area contributed by atoms with Gasteiger partial charge in [0.1, 0.15) is 0 Å². The van der Waals surface area contributed by atoms with Gasteiger partial charge in [-0.1, -0.05) is 12.8 Å². The van der Waals surface area contributed by atoms with Crippen molar-refractivity contribution in [3.63, 3.8) is 0 Å². The van der Waals surface area contributed by atoms with Gasteiger partial charge in [0.25, 0.3) is 0 Å². The van der Waals surface area contributed by atoms with Gasteiger partial charge in [-0.05, 0) is 60.6 Å². The van der Waals surface area contributed by atoms with Crippen molar-refractivity contribution in [2.45, 2.75) is 38.4 Å². The van der Waals surface area contributed by atoms with Gasteiger partial charge in [-0.3, -0.25) is 4.90 Å². The second kappa shape index (κ2) is 6.66. The van der Waals surface area contributed by atoms with Crippen LogP contribution in [0.5, 0.6) is 0 Å². The van der Waals surface area contributed by atoms with Gasteiger partial charge in [0.2, 0.25) is 0 Å². The normalized spacial score (nSPS) is 17.2. The first kappa shape index (κ1) is 15.9. The second-order valence-electron chi connectivity index (χ2n) is 5.74. The number of halogens is 3. The van der Waals surface area contributed by atoms with Crippen molar-refractivity contribution in [3.05, 3.63) is 35.7 Å². The summed E-state index contributed by atoms with van der Waals surface area (Å²) in [6.07, 6.45) is 0.443. The Labute approximate surface area is 132 Å². The molecule has 0 atom stereocenters. The van der Waals surface area contributed by atoms with E-state index in [2.05, 4.69) is 20.4 Å². The lowest BCUT2D eigenvalue weighted by Gasteiger charge is -2.18. The Morgan fingerprint density at radius 2 is 1.61 bits per heavy atom. The molecular formula is C15H18F3N5. The van der Waals surface area contributed by atoms with Crippen molar-refractivity contribution in [1.29, 1.82) is 0 Å². The minimum Gasteiger partial charge on any atom is -0.296 e. The molecule has 124 valence electrons. The number of alkyl halides is 3. The van der Waals surface area contributed by atoms with E-state index in [1.165, 1.54) is 29.7 Å². The first-order valence-corrected chi connectivity index (χ1v) is 7.71. The van der Waals surface area contributed by atoms with E-state index in [1.807, 2.05) is 0 Å². The lowest BCUT2D eigenvalue weighted by Crippen LogP contribution is -2.25. The maximum Gasteiger partial charge on any atom is 0.416 e. The summed E-state index contributed by atoms with van der Waals surface area (Å²) in [5, 5.41) is 11.6. The van der Waals surface area contributed by atoms with Crippen molar-refractivity contribution in [1.82, 2.24) is 25.1 Å². The summed E-state index contributed by atoms with van der Waals surface area (Å²) in [7, 11) is 0. The minimum absolute atomic E-state index is 0.535. The number of tetrazole rings is 1. The van der Waals surface area contributed by atoms with E-state index in [9.17, 15) is 13.2 Å². The van der Waals surface area contributed by atoms with Gasteiger partial charge in [0.15, 0.2) is 5.82 Å². The highest BCUT2D eigenvalue weighted by atomic mass is 19.4. The molecule has 0 radical (unpaired) electrons. The summed E-state index contributed by atoms with van der Waals surface area (Å²) in [6.45, 7) is 2.60. The van der Waals surface area contributed by atoms with E-state index in [0.717, 1.165) is 38.1 Å². The van der Waals surface area contributed by atoms with Crippen LogP contribution in [0.25, 0.3) is 5.69 Å². The third-order valence-electron chi connectivity index (χ3n) is 4.04. The molecule has 1 aromatic heterocycles. The van der Waals surface area contributed by atoms with Crippen LogP contribution in [0.3, 0.4) is 0 Å². The number of rotatable bonds is 3. The number of likely N-dealkylation sites (tertiary alicyclic amines) is 1. The number of hydrogen-bond acceptors (Lipinski definition) is 4. The molecule has 0 aliphatic carbocycles. The van der Waals surface area contributed by atoms with Crippen molar-refractivity contribution >= 4 is 0 Å². The summed E-state index contributed by atoms with van der Waals surface area (Å²) < 4.78 is 39.4. The lowest BCUT2D eigenvalue weighted by atomic mass is 10.2. The third-order valence-corrected chi connectivity index (χ3v) is 4.04. The number of benzene rings is 1. The van der Waals surface area contributed by atoms with Crippen LogP contribution in [-0.4, -0.2) is 38.2 Å². The fourth-order valence-corrected chi connectivity index (χ4v) is 2.79. The number of hydrogen-bond donors (Lipinski definition) is 0. The Morgan fingerprint density at radius 3 is 2.22 bits per heavy atom. The minimum atomic E-state index is -4.34. The van der Waals surface area contributed by atoms with Gasteiger partial charge < -0.3 is 0 Å². The van der Waals surface area contributed by atoms with E-state index in [4.69, 9.17) is 0 Å². The molecule has 5 nitrogen and oxygen atoms in total. The highest BCUT2D eigenvalue weighted by molar-refractivity contribution is 5.35. The summed E-state index contributed by atoms with van der Waals surface area (Å²) in [6, 6.07) is 4.88. The zero-order valence-corrected chi connectivity index (χ0v) is 12.6. The Bertz CT molecular complexity index is 627. The smallest absolute Gasteiger partial charge is 0.296 e.